The second-order valence-electron chi connectivity index (χ2n) is 9.96. The standard InChI is InChI=1S/C27H21F6N5O4S2/c1-14-9-19(36-22(10-14)37-21-12-17(6-8-34-21)26(28,29)30)20-13-35-24(43-20)25(40)7-2-3-15-11-16(4-5-18(15)25)23(39)38-44(41,42)27(31,32)33/h4-6,8-13,40H,2-3,7H2,1H3,(H,38,39)(H,34,36,37)/t25-/m1/s1. The number of hydrogen-bond acceptors (Lipinski definition) is 9. The third kappa shape index (κ3) is 6.25. The maximum absolute atomic E-state index is 13.1. The van der Waals surface area contributed by atoms with Gasteiger partial charge in [-0.3, -0.25) is 4.79 Å². The number of carbonyl (C=O) groups is 1. The van der Waals surface area contributed by atoms with Crippen molar-refractivity contribution in [3.8, 4) is 10.6 Å². The predicted molar refractivity (Wildman–Crippen MR) is 147 cm³/mol. The van der Waals surface area contributed by atoms with Crippen LogP contribution in [0.4, 0.5) is 38.0 Å². The van der Waals surface area contributed by atoms with Gasteiger partial charge in [-0.25, -0.2) is 19.7 Å². The van der Waals surface area contributed by atoms with Crippen molar-refractivity contribution >= 4 is 38.9 Å². The molecule has 1 atom stereocenters. The molecule has 0 radical (unpaired) electrons. The molecule has 232 valence electrons. The van der Waals surface area contributed by atoms with E-state index in [-0.39, 0.29) is 28.6 Å². The van der Waals surface area contributed by atoms with Crippen LogP contribution in [0.25, 0.3) is 10.6 Å². The second kappa shape index (κ2) is 11.1. The van der Waals surface area contributed by atoms with E-state index in [9.17, 15) is 44.7 Å². The topological polar surface area (TPSA) is 134 Å². The second-order valence-corrected chi connectivity index (χ2v) is 12.7. The Hall–Kier alpha value is -4.09. The zero-order chi connectivity index (χ0) is 32.1. The summed E-state index contributed by atoms with van der Waals surface area (Å²) in [6.45, 7) is 1.76. The molecule has 1 aliphatic carbocycles. The van der Waals surface area contributed by atoms with Crippen LogP contribution in [-0.4, -0.2) is 39.9 Å². The molecule has 0 bridgehead atoms. The predicted octanol–water partition coefficient (Wildman–Crippen LogP) is 5.82. The van der Waals surface area contributed by atoms with E-state index in [0.29, 0.717) is 34.5 Å². The minimum atomic E-state index is -5.90. The smallest absolute Gasteiger partial charge is 0.378 e. The number of nitrogens with one attached hydrogen (secondary N) is 2. The normalized spacial score (nSPS) is 17.2. The molecular formula is C27H21F6N5O4S2. The van der Waals surface area contributed by atoms with Crippen LogP contribution in [0.1, 0.15) is 50.5 Å². The molecule has 0 unspecified atom stereocenters. The Balaban J connectivity index is 1.41. The van der Waals surface area contributed by atoms with E-state index in [0.717, 1.165) is 46.0 Å². The molecule has 9 nitrogen and oxygen atoms in total. The lowest BCUT2D eigenvalue weighted by Gasteiger charge is -2.33. The first-order valence-electron chi connectivity index (χ1n) is 12.7. The number of rotatable bonds is 6. The number of alkyl halides is 6. The highest BCUT2D eigenvalue weighted by Crippen LogP contribution is 2.44. The van der Waals surface area contributed by atoms with E-state index in [1.165, 1.54) is 18.3 Å². The largest absolute Gasteiger partial charge is 0.516 e. The van der Waals surface area contributed by atoms with Crippen molar-refractivity contribution in [1.29, 1.82) is 0 Å². The van der Waals surface area contributed by atoms with Crippen LogP contribution in [0.3, 0.4) is 0 Å². The third-order valence-corrected chi connectivity index (χ3v) is 8.99. The molecule has 5 rings (SSSR count). The van der Waals surface area contributed by atoms with E-state index in [1.807, 2.05) is 0 Å². The lowest BCUT2D eigenvalue weighted by molar-refractivity contribution is -0.137. The Morgan fingerprint density at radius 3 is 2.48 bits per heavy atom. The van der Waals surface area contributed by atoms with Gasteiger partial charge in [0.15, 0.2) is 0 Å². The van der Waals surface area contributed by atoms with Gasteiger partial charge in [-0.15, -0.1) is 11.3 Å². The SMILES string of the molecule is Cc1cc(Nc2cc(C(F)(F)F)ccn2)nc(-c2cnc([C@@]3(O)CCCc4cc(C(=O)NS(=O)(=O)C(F)(F)F)ccc43)s2)c1. The number of halogens is 6. The average Bonchev–Trinajstić information content (AvgIpc) is 3.43. The van der Waals surface area contributed by atoms with E-state index < -0.39 is 38.8 Å². The fraction of sp³-hybridized carbons (Fsp3) is 0.259. The Morgan fingerprint density at radius 2 is 1.77 bits per heavy atom. The van der Waals surface area contributed by atoms with Crippen LogP contribution < -0.4 is 10.0 Å². The highest BCUT2D eigenvalue weighted by atomic mass is 32.2. The lowest BCUT2D eigenvalue weighted by atomic mass is 9.79. The molecule has 3 heterocycles. The van der Waals surface area contributed by atoms with Gasteiger partial charge in [0.2, 0.25) is 0 Å². The van der Waals surface area contributed by atoms with Gasteiger partial charge in [0, 0.05) is 18.0 Å². The summed E-state index contributed by atoms with van der Waals surface area (Å²) < 4.78 is 101. The first-order valence-corrected chi connectivity index (χ1v) is 15.0. The number of fused-ring (bicyclic) bond motifs is 1. The molecule has 3 N–H and O–H groups in total. The molecule has 0 spiro atoms. The van der Waals surface area contributed by atoms with E-state index >= 15 is 0 Å². The van der Waals surface area contributed by atoms with Crippen molar-refractivity contribution in [3.63, 3.8) is 0 Å². The minimum absolute atomic E-state index is 0.0638. The third-order valence-electron chi connectivity index (χ3n) is 6.75. The van der Waals surface area contributed by atoms with Crippen LogP contribution in [0.15, 0.2) is 54.9 Å². The molecule has 0 aliphatic heterocycles. The lowest BCUT2D eigenvalue weighted by Crippen LogP contribution is -2.40. The van der Waals surface area contributed by atoms with Crippen molar-refractivity contribution in [2.75, 3.05) is 5.32 Å². The molecule has 17 heteroatoms. The zero-order valence-electron chi connectivity index (χ0n) is 22.4. The van der Waals surface area contributed by atoms with E-state index in [2.05, 4.69) is 20.3 Å². The van der Waals surface area contributed by atoms with Crippen molar-refractivity contribution in [2.24, 2.45) is 0 Å². The number of carbonyl (C=O) groups excluding carboxylic acids is 1. The number of aliphatic hydroxyl groups is 1. The van der Waals surface area contributed by atoms with Crippen molar-refractivity contribution < 1.29 is 44.7 Å². The summed E-state index contributed by atoms with van der Waals surface area (Å²) in [7, 11) is -5.90. The molecule has 0 fully saturated rings. The van der Waals surface area contributed by atoms with E-state index in [1.54, 1.807) is 19.1 Å². The van der Waals surface area contributed by atoms with Gasteiger partial charge in [0.1, 0.15) is 22.2 Å². The number of anilines is 2. The van der Waals surface area contributed by atoms with Crippen LogP contribution >= 0.6 is 11.3 Å². The Labute approximate surface area is 250 Å². The van der Waals surface area contributed by atoms with Gasteiger partial charge < -0.3 is 10.4 Å². The first kappa shape index (κ1) is 31.3. The van der Waals surface area contributed by atoms with Crippen molar-refractivity contribution in [2.45, 2.75) is 43.5 Å². The molecule has 1 aromatic carbocycles. The number of sulfonamides is 1. The molecule has 1 aliphatic rings. The number of aryl methyl sites for hydroxylation is 2. The summed E-state index contributed by atoms with van der Waals surface area (Å²) in [6, 6.07) is 8.74. The minimum Gasteiger partial charge on any atom is -0.378 e. The number of hydrogen-bond donors (Lipinski definition) is 3. The van der Waals surface area contributed by atoms with E-state index in [4.69, 9.17) is 0 Å². The molecular weight excluding hydrogens is 636 g/mol. The number of pyridine rings is 2. The molecule has 3 aromatic heterocycles. The summed E-state index contributed by atoms with van der Waals surface area (Å²) in [5.41, 5.74) is -6.58. The maximum Gasteiger partial charge on any atom is 0.516 e. The van der Waals surface area contributed by atoms with Crippen LogP contribution in [0, 0.1) is 6.92 Å². The highest BCUT2D eigenvalue weighted by molar-refractivity contribution is 7.90. The number of aromatic nitrogens is 3. The van der Waals surface area contributed by atoms with Crippen molar-refractivity contribution in [3.05, 3.63) is 87.7 Å². The molecule has 0 saturated carbocycles. The summed E-state index contributed by atoms with van der Waals surface area (Å²) in [5.74, 6) is -1.31. The van der Waals surface area contributed by atoms with Crippen LogP contribution in [0.5, 0.6) is 0 Å². The molecule has 44 heavy (non-hydrogen) atoms. The quantitative estimate of drug-likeness (QED) is 0.221. The van der Waals surface area contributed by atoms with Gasteiger partial charge >= 0.3 is 21.7 Å². The fourth-order valence-electron chi connectivity index (χ4n) is 4.72. The summed E-state index contributed by atoms with van der Waals surface area (Å²) in [5, 5.41) is 14.8. The Morgan fingerprint density at radius 1 is 1.02 bits per heavy atom. The summed E-state index contributed by atoms with van der Waals surface area (Å²) >= 11 is 1.11. The number of benzene rings is 1. The zero-order valence-corrected chi connectivity index (χ0v) is 24.0. The summed E-state index contributed by atoms with van der Waals surface area (Å²) in [6.07, 6.45) is -1.03. The fourth-order valence-corrected chi connectivity index (χ4v) is 6.21. The molecule has 1 amide bonds. The number of thiazole rings is 1. The van der Waals surface area contributed by atoms with Gasteiger partial charge in [0.05, 0.1) is 16.1 Å². The Bertz CT molecular complexity index is 1860. The van der Waals surface area contributed by atoms with Crippen LogP contribution in [-0.2, 0) is 28.2 Å². The highest BCUT2D eigenvalue weighted by Gasteiger charge is 2.47. The van der Waals surface area contributed by atoms with Crippen LogP contribution in [0.2, 0.25) is 0 Å². The van der Waals surface area contributed by atoms with Gasteiger partial charge in [-0.2, -0.15) is 34.8 Å². The summed E-state index contributed by atoms with van der Waals surface area (Å²) in [4.78, 5) is 25.6. The van der Waals surface area contributed by atoms with Gasteiger partial charge in [0.25, 0.3) is 5.91 Å². The van der Waals surface area contributed by atoms with Gasteiger partial charge in [-0.05, 0) is 79.3 Å². The number of nitrogens with zero attached hydrogens (tertiary/aromatic N) is 3. The maximum atomic E-state index is 13.1. The van der Waals surface area contributed by atoms with Gasteiger partial charge in [-0.1, -0.05) is 6.07 Å². The number of amides is 1. The monoisotopic (exact) mass is 657 g/mol. The molecule has 0 saturated heterocycles. The molecule has 4 aromatic rings. The average molecular weight is 658 g/mol. The first-order chi connectivity index (χ1) is 20.5. The van der Waals surface area contributed by atoms with Crippen molar-refractivity contribution in [1.82, 2.24) is 19.7 Å². The Kier molecular flexibility index (Phi) is 7.92.